The molecule has 0 N–H and O–H groups in total. The van der Waals surface area contributed by atoms with E-state index in [1.54, 1.807) is 6.07 Å². The molecule has 3 aromatic rings. The second-order valence-corrected chi connectivity index (χ2v) is 5.64. The number of rotatable bonds is 3. The summed E-state index contributed by atoms with van der Waals surface area (Å²) in [4.78, 5) is 4.74. The van der Waals surface area contributed by atoms with Crippen LogP contribution in [0.4, 0.5) is 4.39 Å². The quantitative estimate of drug-likeness (QED) is 0.728. The molecule has 0 amide bonds. The lowest BCUT2D eigenvalue weighted by atomic mass is 10.2. The van der Waals surface area contributed by atoms with Crippen molar-refractivity contribution < 1.29 is 9.13 Å². The minimum atomic E-state index is -0.182. The number of benzene rings is 2. The smallest absolute Gasteiger partial charge is 0.139 e. The Morgan fingerprint density at radius 3 is 2.77 bits per heavy atom. The first-order valence-electron chi connectivity index (χ1n) is 7.63. The molecule has 4 heteroatoms. The molecule has 0 spiro atoms. The Morgan fingerprint density at radius 2 is 1.95 bits per heavy atom. The van der Waals surface area contributed by atoms with E-state index >= 15 is 0 Å². The van der Waals surface area contributed by atoms with E-state index < -0.39 is 0 Å². The normalized spacial score (nSPS) is 18.1. The third-order valence-electron chi connectivity index (χ3n) is 4.19. The molecule has 0 radical (unpaired) electrons. The Morgan fingerprint density at radius 1 is 1.14 bits per heavy atom. The topological polar surface area (TPSA) is 27.1 Å². The highest BCUT2D eigenvalue weighted by Gasteiger charge is 2.24. The van der Waals surface area contributed by atoms with Gasteiger partial charge in [0.05, 0.1) is 17.6 Å². The molecule has 2 aromatic carbocycles. The summed E-state index contributed by atoms with van der Waals surface area (Å²) < 4.78 is 21.9. The molecule has 22 heavy (non-hydrogen) atoms. The summed E-state index contributed by atoms with van der Waals surface area (Å²) in [6, 6.07) is 14.9. The fraction of sp³-hybridized carbons (Fsp3) is 0.278. The van der Waals surface area contributed by atoms with E-state index in [9.17, 15) is 4.39 Å². The Hall–Kier alpha value is -2.20. The van der Waals surface area contributed by atoms with Gasteiger partial charge in [0.15, 0.2) is 0 Å². The molecule has 0 bridgehead atoms. The number of aromatic nitrogens is 2. The Kier molecular flexibility index (Phi) is 3.39. The molecule has 2 heterocycles. The van der Waals surface area contributed by atoms with Crippen molar-refractivity contribution in [3.05, 3.63) is 65.7 Å². The first-order valence-corrected chi connectivity index (χ1v) is 7.63. The zero-order valence-corrected chi connectivity index (χ0v) is 12.2. The van der Waals surface area contributed by atoms with Crippen molar-refractivity contribution in [3.8, 4) is 0 Å². The molecular weight excluding hydrogens is 279 g/mol. The molecule has 1 aliphatic heterocycles. The van der Waals surface area contributed by atoms with Crippen LogP contribution in [0.15, 0.2) is 48.5 Å². The number of fused-ring (bicyclic) bond motifs is 1. The fourth-order valence-electron chi connectivity index (χ4n) is 3.08. The van der Waals surface area contributed by atoms with Gasteiger partial charge in [0.25, 0.3) is 0 Å². The highest BCUT2D eigenvalue weighted by Crippen LogP contribution is 2.31. The van der Waals surface area contributed by atoms with Crippen molar-refractivity contribution in [1.29, 1.82) is 0 Å². The van der Waals surface area contributed by atoms with Crippen LogP contribution in [0, 0.1) is 5.82 Å². The van der Waals surface area contributed by atoms with Gasteiger partial charge in [-0.3, -0.25) is 0 Å². The van der Waals surface area contributed by atoms with E-state index in [2.05, 4.69) is 4.57 Å². The third kappa shape index (κ3) is 2.29. The van der Waals surface area contributed by atoms with Gasteiger partial charge < -0.3 is 9.30 Å². The first kappa shape index (κ1) is 13.5. The Bertz CT molecular complexity index is 806. The molecule has 1 unspecified atom stereocenters. The van der Waals surface area contributed by atoms with Crippen LogP contribution in [-0.2, 0) is 11.3 Å². The van der Waals surface area contributed by atoms with E-state index in [0.29, 0.717) is 12.1 Å². The number of para-hydroxylation sites is 2. The van der Waals surface area contributed by atoms with Gasteiger partial charge in [-0.1, -0.05) is 30.3 Å². The van der Waals surface area contributed by atoms with Crippen molar-refractivity contribution in [2.24, 2.45) is 0 Å². The monoisotopic (exact) mass is 296 g/mol. The number of hydrogen-bond acceptors (Lipinski definition) is 2. The zero-order valence-electron chi connectivity index (χ0n) is 12.2. The molecule has 1 aliphatic rings. The van der Waals surface area contributed by atoms with Crippen molar-refractivity contribution in [2.75, 3.05) is 6.61 Å². The van der Waals surface area contributed by atoms with Crippen LogP contribution >= 0.6 is 0 Å². The number of imidazole rings is 1. The highest BCUT2D eigenvalue weighted by molar-refractivity contribution is 5.76. The molecule has 0 aliphatic carbocycles. The Labute approximate surface area is 128 Å². The second kappa shape index (κ2) is 5.54. The van der Waals surface area contributed by atoms with Crippen LogP contribution in [0.25, 0.3) is 11.0 Å². The van der Waals surface area contributed by atoms with Gasteiger partial charge >= 0.3 is 0 Å². The van der Waals surface area contributed by atoms with Crippen molar-refractivity contribution in [2.45, 2.75) is 25.5 Å². The largest absolute Gasteiger partial charge is 0.370 e. The van der Waals surface area contributed by atoms with Gasteiger partial charge in [0.2, 0.25) is 0 Å². The first-order chi connectivity index (χ1) is 10.8. The number of nitrogens with zero attached hydrogens (tertiary/aromatic N) is 2. The van der Waals surface area contributed by atoms with Gasteiger partial charge in [-0.05, 0) is 31.0 Å². The van der Waals surface area contributed by atoms with E-state index in [-0.39, 0.29) is 11.9 Å². The fourth-order valence-corrected chi connectivity index (χ4v) is 3.08. The van der Waals surface area contributed by atoms with Crippen molar-refractivity contribution >= 4 is 11.0 Å². The van der Waals surface area contributed by atoms with Crippen molar-refractivity contribution in [3.63, 3.8) is 0 Å². The summed E-state index contributed by atoms with van der Waals surface area (Å²) in [7, 11) is 0. The summed E-state index contributed by atoms with van der Waals surface area (Å²) >= 11 is 0. The number of ether oxygens (including phenoxy) is 1. The van der Waals surface area contributed by atoms with E-state index in [1.165, 1.54) is 6.07 Å². The average molecular weight is 296 g/mol. The van der Waals surface area contributed by atoms with Crippen LogP contribution in [0.2, 0.25) is 0 Å². The molecule has 3 nitrogen and oxygen atoms in total. The molecule has 1 fully saturated rings. The molecule has 112 valence electrons. The predicted octanol–water partition coefficient (Wildman–Crippen LogP) is 4.08. The standard InChI is InChI=1S/C18H17FN2O/c19-14-7-2-1-6-13(14)12-21-16-9-4-3-8-15(16)20-18(21)17-10-5-11-22-17/h1-4,6-9,17H,5,10-12H2. The molecule has 1 saturated heterocycles. The number of hydrogen-bond donors (Lipinski definition) is 0. The highest BCUT2D eigenvalue weighted by atomic mass is 19.1. The SMILES string of the molecule is Fc1ccccc1Cn1c(C2CCCO2)nc2ccccc21. The summed E-state index contributed by atoms with van der Waals surface area (Å²) in [5.74, 6) is 0.723. The lowest BCUT2D eigenvalue weighted by Gasteiger charge is -2.14. The van der Waals surface area contributed by atoms with E-state index in [0.717, 1.165) is 36.3 Å². The molecule has 1 atom stereocenters. The van der Waals surface area contributed by atoms with Crippen LogP contribution in [0.3, 0.4) is 0 Å². The molecular formula is C18H17FN2O. The van der Waals surface area contributed by atoms with Crippen LogP contribution in [-0.4, -0.2) is 16.2 Å². The lowest BCUT2D eigenvalue weighted by Crippen LogP contribution is -2.10. The maximum absolute atomic E-state index is 14.0. The van der Waals surface area contributed by atoms with E-state index in [4.69, 9.17) is 9.72 Å². The minimum absolute atomic E-state index is 0.0131. The van der Waals surface area contributed by atoms with Gasteiger partial charge in [0, 0.05) is 12.2 Å². The Balaban J connectivity index is 1.83. The molecule has 0 saturated carbocycles. The second-order valence-electron chi connectivity index (χ2n) is 5.64. The predicted molar refractivity (Wildman–Crippen MR) is 83.2 cm³/mol. The van der Waals surface area contributed by atoms with Crippen LogP contribution in [0.1, 0.15) is 30.3 Å². The average Bonchev–Trinajstić information content (AvgIpc) is 3.17. The third-order valence-corrected chi connectivity index (χ3v) is 4.19. The molecule has 4 rings (SSSR count). The summed E-state index contributed by atoms with van der Waals surface area (Å²) in [6.45, 7) is 1.25. The van der Waals surface area contributed by atoms with Gasteiger partial charge in [0.1, 0.15) is 17.7 Å². The van der Waals surface area contributed by atoms with Gasteiger partial charge in [-0.2, -0.15) is 0 Å². The zero-order chi connectivity index (χ0) is 14.9. The maximum atomic E-state index is 14.0. The van der Waals surface area contributed by atoms with Gasteiger partial charge in [-0.25, -0.2) is 9.37 Å². The van der Waals surface area contributed by atoms with Gasteiger partial charge in [-0.15, -0.1) is 0 Å². The molecule has 1 aromatic heterocycles. The number of halogens is 1. The lowest BCUT2D eigenvalue weighted by molar-refractivity contribution is 0.103. The minimum Gasteiger partial charge on any atom is -0.370 e. The van der Waals surface area contributed by atoms with Crippen molar-refractivity contribution in [1.82, 2.24) is 9.55 Å². The van der Waals surface area contributed by atoms with Crippen LogP contribution in [0.5, 0.6) is 0 Å². The van der Waals surface area contributed by atoms with Crippen LogP contribution < -0.4 is 0 Å². The summed E-state index contributed by atoms with van der Waals surface area (Å²) in [6.07, 6.45) is 2.04. The van der Waals surface area contributed by atoms with E-state index in [1.807, 2.05) is 36.4 Å². The summed E-state index contributed by atoms with van der Waals surface area (Å²) in [5.41, 5.74) is 2.63. The maximum Gasteiger partial charge on any atom is 0.139 e. The summed E-state index contributed by atoms with van der Waals surface area (Å²) in [5, 5.41) is 0.